The molecule has 2 heteroatoms. The van der Waals surface area contributed by atoms with Crippen LogP contribution in [0.4, 0.5) is 0 Å². The summed E-state index contributed by atoms with van der Waals surface area (Å²) in [5, 5.41) is 1.10. The van der Waals surface area contributed by atoms with E-state index in [4.69, 9.17) is 9.72 Å². The second-order valence-electron chi connectivity index (χ2n) is 5.61. The zero-order chi connectivity index (χ0) is 15.0. The second-order valence-corrected chi connectivity index (χ2v) is 5.61. The summed E-state index contributed by atoms with van der Waals surface area (Å²) in [5.74, 6) is 0.816. The highest BCUT2D eigenvalue weighted by Gasteiger charge is 2.11. The van der Waals surface area contributed by atoms with Crippen molar-refractivity contribution >= 4 is 10.9 Å². The van der Waals surface area contributed by atoms with Gasteiger partial charge in [-0.15, -0.1) is 0 Å². The molecule has 0 unspecified atom stereocenters. The lowest BCUT2D eigenvalue weighted by molar-refractivity contribution is 0.415. The number of pyridine rings is 1. The molecule has 106 valence electrons. The van der Waals surface area contributed by atoms with E-state index in [9.17, 15) is 0 Å². The van der Waals surface area contributed by atoms with Crippen molar-refractivity contribution in [2.45, 2.75) is 20.8 Å². The molecule has 0 aliphatic rings. The molecule has 1 aromatic heterocycles. The van der Waals surface area contributed by atoms with Crippen molar-refractivity contribution in [3.05, 3.63) is 59.2 Å². The van der Waals surface area contributed by atoms with E-state index < -0.39 is 0 Å². The molecule has 3 rings (SSSR count). The van der Waals surface area contributed by atoms with Gasteiger partial charge in [0.2, 0.25) is 0 Å². The third kappa shape index (κ3) is 2.62. The van der Waals surface area contributed by atoms with Gasteiger partial charge in [-0.05, 0) is 50.6 Å². The molecule has 21 heavy (non-hydrogen) atoms. The Kier molecular flexibility index (Phi) is 3.38. The zero-order valence-corrected chi connectivity index (χ0v) is 12.9. The van der Waals surface area contributed by atoms with Crippen molar-refractivity contribution in [2.24, 2.45) is 0 Å². The Bertz CT molecular complexity index is 801. The van der Waals surface area contributed by atoms with Gasteiger partial charge in [-0.25, -0.2) is 4.98 Å². The maximum Gasteiger partial charge on any atom is 0.145 e. The fraction of sp³-hybridized carbons (Fsp3) is 0.211. The van der Waals surface area contributed by atoms with Crippen LogP contribution < -0.4 is 4.74 Å². The van der Waals surface area contributed by atoms with Gasteiger partial charge in [-0.3, -0.25) is 0 Å². The summed E-state index contributed by atoms with van der Waals surface area (Å²) in [6.45, 7) is 6.30. The van der Waals surface area contributed by atoms with Gasteiger partial charge in [0.1, 0.15) is 11.4 Å². The van der Waals surface area contributed by atoms with Gasteiger partial charge in [-0.2, -0.15) is 0 Å². The number of hydrogen-bond donors (Lipinski definition) is 0. The maximum absolute atomic E-state index is 5.56. The van der Waals surface area contributed by atoms with Gasteiger partial charge >= 0.3 is 0 Å². The topological polar surface area (TPSA) is 22.1 Å². The summed E-state index contributed by atoms with van der Waals surface area (Å²) in [7, 11) is 1.70. The van der Waals surface area contributed by atoms with Crippen LogP contribution in [0.25, 0.3) is 22.2 Å². The molecule has 3 aromatic rings. The van der Waals surface area contributed by atoms with Gasteiger partial charge < -0.3 is 4.74 Å². The van der Waals surface area contributed by atoms with Gasteiger partial charge in [0.15, 0.2) is 0 Å². The van der Waals surface area contributed by atoms with Crippen LogP contribution >= 0.6 is 0 Å². The minimum atomic E-state index is 0.816. The summed E-state index contributed by atoms with van der Waals surface area (Å²) in [4.78, 5) is 4.83. The standard InChI is InChI=1S/C19H19NO/c1-12-5-6-15-11-18(21-4)19(20-17(15)10-12)16-8-13(2)7-14(3)9-16/h5-11H,1-4H3. The molecule has 0 aliphatic heterocycles. The molecule has 2 nitrogen and oxygen atoms in total. The Morgan fingerprint density at radius 2 is 1.52 bits per heavy atom. The van der Waals surface area contributed by atoms with E-state index in [1.807, 2.05) is 0 Å². The van der Waals surface area contributed by atoms with Crippen molar-refractivity contribution in [1.29, 1.82) is 0 Å². The summed E-state index contributed by atoms with van der Waals surface area (Å²) in [6.07, 6.45) is 0. The molecule has 0 amide bonds. The number of fused-ring (bicyclic) bond motifs is 1. The van der Waals surface area contributed by atoms with Crippen LogP contribution in [0.15, 0.2) is 42.5 Å². The smallest absolute Gasteiger partial charge is 0.145 e. The predicted molar refractivity (Wildman–Crippen MR) is 87.9 cm³/mol. The molecule has 0 radical (unpaired) electrons. The van der Waals surface area contributed by atoms with Crippen LogP contribution in [0, 0.1) is 20.8 Å². The predicted octanol–water partition coefficient (Wildman–Crippen LogP) is 4.84. The van der Waals surface area contributed by atoms with Crippen LogP contribution in [0.2, 0.25) is 0 Å². The van der Waals surface area contributed by atoms with E-state index in [-0.39, 0.29) is 0 Å². The number of benzene rings is 2. The van der Waals surface area contributed by atoms with Gasteiger partial charge in [-0.1, -0.05) is 29.3 Å². The summed E-state index contributed by atoms with van der Waals surface area (Å²) in [6, 6.07) is 14.8. The van der Waals surface area contributed by atoms with Crippen LogP contribution in [0.1, 0.15) is 16.7 Å². The van der Waals surface area contributed by atoms with E-state index >= 15 is 0 Å². The first kappa shape index (κ1) is 13.6. The zero-order valence-electron chi connectivity index (χ0n) is 12.9. The molecule has 0 saturated carbocycles. The summed E-state index contributed by atoms with van der Waals surface area (Å²) < 4.78 is 5.56. The van der Waals surface area contributed by atoms with Crippen molar-refractivity contribution < 1.29 is 4.74 Å². The Hall–Kier alpha value is -2.35. The normalized spacial score (nSPS) is 10.9. The first-order valence-electron chi connectivity index (χ1n) is 7.11. The number of rotatable bonds is 2. The number of aromatic nitrogens is 1. The lowest BCUT2D eigenvalue weighted by Gasteiger charge is -2.11. The number of aryl methyl sites for hydroxylation is 3. The average molecular weight is 277 g/mol. The highest BCUT2D eigenvalue weighted by atomic mass is 16.5. The number of ether oxygens (including phenoxy) is 1. The van der Waals surface area contributed by atoms with Crippen LogP contribution in [-0.2, 0) is 0 Å². The molecule has 0 atom stereocenters. The lowest BCUT2D eigenvalue weighted by Crippen LogP contribution is -1.94. The van der Waals surface area contributed by atoms with Crippen molar-refractivity contribution in [3.8, 4) is 17.0 Å². The molecule has 0 fully saturated rings. The summed E-state index contributed by atoms with van der Waals surface area (Å²) >= 11 is 0. The second kappa shape index (κ2) is 5.21. The minimum absolute atomic E-state index is 0.816. The average Bonchev–Trinajstić information content (AvgIpc) is 2.44. The fourth-order valence-electron chi connectivity index (χ4n) is 2.73. The molecule has 0 bridgehead atoms. The van der Waals surface area contributed by atoms with E-state index in [0.29, 0.717) is 0 Å². The molecular formula is C19H19NO. The number of methoxy groups -OCH3 is 1. The van der Waals surface area contributed by atoms with Gasteiger partial charge in [0, 0.05) is 10.9 Å². The monoisotopic (exact) mass is 277 g/mol. The molecule has 0 saturated heterocycles. The Balaban J connectivity index is 2.29. The van der Waals surface area contributed by atoms with Crippen molar-refractivity contribution in [3.63, 3.8) is 0 Å². The Morgan fingerprint density at radius 3 is 2.19 bits per heavy atom. The first-order chi connectivity index (χ1) is 10.1. The first-order valence-corrected chi connectivity index (χ1v) is 7.11. The van der Waals surface area contributed by atoms with E-state index in [0.717, 1.165) is 27.9 Å². The largest absolute Gasteiger partial charge is 0.494 e. The lowest BCUT2D eigenvalue weighted by atomic mass is 10.0. The van der Waals surface area contributed by atoms with Crippen LogP contribution in [-0.4, -0.2) is 12.1 Å². The third-order valence-electron chi connectivity index (χ3n) is 3.65. The van der Waals surface area contributed by atoms with Gasteiger partial charge in [0.05, 0.1) is 12.6 Å². The fourth-order valence-corrected chi connectivity index (χ4v) is 2.73. The highest BCUT2D eigenvalue weighted by Crippen LogP contribution is 2.32. The maximum atomic E-state index is 5.56. The van der Waals surface area contributed by atoms with Crippen LogP contribution in [0.3, 0.4) is 0 Å². The molecule has 0 spiro atoms. The van der Waals surface area contributed by atoms with Crippen LogP contribution in [0.5, 0.6) is 5.75 Å². The molecule has 0 aliphatic carbocycles. The van der Waals surface area contributed by atoms with E-state index in [1.54, 1.807) is 7.11 Å². The number of hydrogen-bond acceptors (Lipinski definition) is 2. The van der Waals surface area contributed by atoms with Gasteiger partial charge in [0.25, 0.3) is 0 Å². The quantitative estimate of drug-likeness (QED) is 0.669. The highest BCUT2D eigenvalue weighted by molar-refractivity contribution is 5.85. The SMILES string of the molecule is COc1cc2ccc(C)cc2nc1-c1cc(C)cc(C)c1. The molecule has 1 heterocycles. The summed E-state index contributed by atoms with van der Waals surface area (Å²) in [5.41, 5.74) is 6.70. The Morgan fingerprint density at radius 1 is 0.810 bits per heavy atom. The van der Waals surface area contributed by atoms with Crippen molar-refractivity contribution in [2.75, 3.05) is 7.11 Å². The minimum Gasteiger partial charge on any atom is -0.494 e. The van der Waals surface area contributed by atoms with Crippen molar-refractivity contribution in [1.82, 2.24) is 4.98 Å². The van der Waals surface area contributed by atoms with E-state index in [1.165, 1.54) is 16.7 Å². The molecule has 0 N–H and O–H groups in total. The Labute approximate surface area is 125 Å². The molecular weight excluding hydrogens is 258 g/mol. The number of nitrogens with zero attached hydrogens (tertiary/aromatic N) is 1. The third-order valence-corrected chi connectivity index (χ3v) is 3.65. The molecule has 2 aromatic carbocycles. The van der Waals surface area contributed by atoms with E-state index in [2.05, 4.69) is 63.2 Å².